The zero-order valence-electron chi connectivity index (χ0n) is 18.0. The third-order valence-corrected chi connectivity index (χ3v) is 6.59. The smallest absolute Gasteiger partial charge is 0.161 e. The van der Waals surface area contributed by atoms with Crippen molar-refractivity contribution in [3.8, 4) is 33.1 Å². The van der Waals surface area contributed by atoms with Crippen LogP contribution in [0.25, 0.3) is 33.1 Å². The van der Waals surface area contributed by atoms with E-state index in [1.807, 2.05) is 50.6 Å². The highest BCUT2D eigenvalue weighted by atomic mass is 32.2. The number of aryl methyl sites for hydroxylation is 2. The van der Waals surface area contributed by atoms with Gasteiger partial charge in [-0.2, -0.15) is 5.10 Å². The van der Waals surface area contributed by atoms with Crippen LogP contribution in [0.4, 0.5) is 5.82 Å². The molecule has 0 unspecified atom stereocenters. The van der Waals surface area contributed by atoms with Crippen LogP contribution < -0.4 is 5.32 Å². The van der Waals surface area contributed by atoms with E-state index in [1.54, 1.807) is 10.9 Å². The highest BCUT2D eigenvalue weighted by Gasteiger charge is 2.15. The van der Waals surface area contributed by atoms with E-state index in [-0.39, 0.29) is 5.75 Å². The number of sulfone groups is 1. The highest BCUT2D eigenvalue weighted by Crippen LogP contribution is 2.31. The number of hydrogen-bond donors (Lipinski definition) is 1. The third-order valence-electron chi connectivity index (χ3n) is 4.69. The average molecular weight is 470 g/mol. The summed E-state index contributed by atoms with van der Waals surface area (Å²) in [6.45, 7) is 2.35. The van der Waals surface area contributed by atoms with Crippen LogP contribution in [0.1, 0.15) is 11.4 Å². The zero-order chi connectivity index (χ0) is 22.7. The predicted molar refractivity (Wildman–Crippen MR) is 126 cm³/mol. The Balaban J connectivity index is 1.66. The topological polar surface area (TPSA) is 116 Å². The fraction of sp³-hybridized carbons (Fsp3) is 0.286. The standard InChI is InChI=1S/C21H23N7O2S2/c1-14-26-27-21(31-14)18-12-23-19(25-20(18)22-8-5-9-32(3,29)30)16-7-4-6-15(10-16)17-11-24-28(2)13-17/h4,6-7,10-13H,5,8-9H2,1-3H3,(H,22,23,25). The second-order valence-electron chi connectivity index (χ2n) is 7.48. The van der Waals surface area contributed by atoms with Crippen LogP contribution in [0.15, 0.2) is 42.9 Å². The molecular weight excluding hydrogens is 446 g/mol. The van der Waals surface area contributed by atoms with E-state index in [9.17, 15) is 8.42 Å². The molecule has 3 heterocycles. The largest absolute Gasteiger partial charge is 0.369 e. The maximum Gasteiger partial charge on any atom is 0.161 e. The monoisotopic (exact) mass is 469 g/mol. The Morgan fingerprint density at radius 3 is 2.62 bits per heavy atom. The number of aromatic nitrogens is 6. The molecule has 0 saturated carbocycles. The predicted octanol–water partition coefficient (Wildman–Crippen LogP) is 3.22. The van der Waals surface area contributed by atoms with Crippen molar-refractivity contribution in [2.24, 2.45) is 7.05 Å². The van der Waals surface area contributed by atoms with Gasteiger partial charge in [-0.3, -0.25) is 4.68 Å². The highest BCUT2D eigenvalue weighted by molar-refractivity contribution is 7.90. The van der Waals surface area contributed by atoms with Crippen LogP contribution in [-0.4, -0.2) is 56.9 Å². The summed E-state index contributed by atoms with van der Waals surface area (Å²) in [4.78, 5) is 9.32. The molecule has 32 heavy (non-hydrogen) atoms. The van der Waals surface area contributed by atoms with Gasteiger partial charge in [0, 0.05) is 43.4 Å². The van der Waals surface area contributed by atoms with Crippen molar-refractivity contribution in [3.63, 3.8) is 0 Å². The zero-order valence-corrected chi connectivity index (χ0v) is 19.6. The quantitative estimate of drug-likeness (QED) is 0.391. The summed E-state index contributed by atoms with van der Waals surface area (Å²) in [5.41, 5.74) is 3.63. The van der Waals surface area contributed by atoms with Crippen LogP contribution in [0.5, 0.6) is 0 Å². The van der Waals surface area contributed by atoms with Gasteiger partial charge in [-0.1, -0.05) is 29.5 Å². The minimum absolute atomic E-state index is 0.109. The Bertz CT molecular complexity index is 1350. The van der Waals surface area contributed by atoms with E-state index < -0.39 is 9.84 Å². The van der Waals surface area contributed by atoms with Crippen LogP contribution >= 0.6 is 11.3 Å². The summed E-state index contributed by atoms with van der Waals surface area (Å²) in [6.07, 6.45) is 7.22. The van der Waals surface area contributed by atoms with E-state index in [1.165, 1.54) is 17.6 Å². The molecular formula is C21H23N7O2S2. The molecule has 1 N–H and O–H groups in total. The molecule has 0 aliphatic rings. The number of hydrogen-bond acceptors (Lipinski definition) is 9. The molecule has 0 aliphatic heterocycles. The Labute approximate surface area is 190 Å². The molecule has 0 spiro atoms. The van der Waals surface area contributed by atoms with Crippen molar-refractivity contribution in [2.75, 3.05) is 23.9 Å². The van der Waals surface area contributed by atoms with E-state index in [0.717, 1.165) is 27.3 Å². The molecule has 4 aromatic rings. The van der Waals surface area contributed by atoms with Gasteiger partial charge < -0.3 is 5.32 Å². The number of nitrogens with zero attached hydrogens (tertiary/aromatic N) is 6. The van der Waals surface area contributed by atoms with Gasteiger partial charge in [0.05, 0.1) is 17.5 Å². The molecule has 1 aromatic carbocycles. The molecule has 9 nitrogen and oxygen atoms in total. The lowest BCUT2D eigenvalue weighted by Crippen LogP contribution is -2.11. The summed E-state index contributed by atoms with van der Waals surface area (Å²) in [6, 6.07) is 7.96. The molecule has 11 heteroatoms. The summed E-state index contributed by atoms with van der Waals surface area (Å²) >= 11 is 1.45. The van der Waals surface area contributed by atoms with E-state index in [4.69, 9.17) is 4.98 Å². The summed E-state index contributed by atoms with van der Waals surface area (Å²) in [7, 11) is -1.14. The lowest BCUT2D eigenvalue weighted by molar-refractivity contribution is 0.600. The van der Waals surface area contributed by atoms with Crippen molar-refractivity contribution in [3.05, 3.63) is 47.9 Å². The fourth-order valence-electron chi connectivity index (χ4n) is 3.17. The van der Waals surface area contributed by atoms with Gasteiger partial charge >= 0.3 is 0 Å². The first-order chi connectivity index (χ1) is 15.3. The molecule has 4 rings (SSSR count). The van der Waals surface area contributed by atoms with Gasteiger partial charge in [0.25, 0.3) is 0 Å². The Morgan fingerprint density at radius 1 is 1.12 bits per heavy atom. The molecule has 166 valence electrons. The summed E-state index contributed by atoms with van der Waals surface area (Å²) in [5, 5.41) is 17.4. The Kier molecular flexibility index (Phi) is 6.28. The van der Waals surface area contributed by atoms with Crippen LogP contribution in [0, 0.1) is 6.92 Å². The van der Waals surface area contributed by atoms with Gasteiger partial charge in [-0.05, 0) is 25.0 Å². The first kappa shape index (κ1) is 22.0. The van der Waals surface area contributed by atoms with Gasteiger partial charge in [-0.25, -0.2) is 18.4 Å². The van der Waals surface area contributed by atoms with Crippen LogP contribution in [0.2, 0.25) is 0 Å². The SMILES string of the molecule is Cc1nnc(-c2cnc(-c3cccc(-c4cnn(C)c4)c3)nc2NCCCS(C)(=O)=O)s1. The molecule has 0 fully saturated rings. The first-order valence-corrected chi connectivity index (χ1v) is 12.8. The van der Waals surface area contributed by atoms with Crippen molar-refractivity contribution in [2.45, 2.75) is 13.3 Å². The molecule has 0 bridgehead atoms. The summed E-state index contributed by atoms with van der Waals surface area (Å²) < 4.78 is 24.7. The molecule has 0 atom stereocenters. The van der Waals surface area contributed by atoms with Crippen molar-refractivity contribution >= 4 is 27.0 Å². The summed E-state index contributed by atoms with van der Waals surface area (Å²) in [5.74, 6) is 1.27. The van der Waals surface area contributed by atoms with Crippen molar-refractivity contribution in [1.29, 1.82) is 0 Å². The van der Waals surface area contributed by atoms with Gasteiger partial charge in [0.2, 0.25) is 0 Å². The van der Waals surface area contributed by atoms with E-state index in [2.05, 4.69) is 25.6 Å². The molecule has 3 aromatic heterocycles. The average Bonchev–Trinajstić information content (AvgIpc) is 3.39. The minimum atomic E-state index is -3.02. The van der Waals surface area contributed by atoms with Crippen LogP contribution in [-0.2, 0) is 16.9 Å². The third kappa shape index (κ3) is 5.35. The maximum atomic E-state index is 11.4. The van der Waals surface area contributed by atoms with Gasteiger partial charge in [0.1, 0.15) is 20.7 Å². The number of nitrogens with one attached hydrogen (secondary N) is 1. The second-order valence-corrected chi connectivity index (χ2v) is 10.9. The molecule has 0 aliphatic carbocycles. The van der Waals surface area contributed by atoms with E-state index in [0.29, 0.717) is 29.6 Å². The second kappa shape index (κ2) is 9.13. The van der Waals surface area contributed by atoms with Crippen molar-refractivity contribution in [1.82, 2.24) is 29.9 Å². The van der Waals surface area contributed by atoms with Gasteiger partial charge in [0.15, 0.2) is 10.8 Å². The van der Waals surface area contributed by atoms with Crippen molar-refractivity contribution < 1.29 is 8.42 Å². The maximum absolute atomic E-state index is 11.4. The number of benzene rings is 1. The van der Waals surface area contributed by atoms with E-state index >= 15 is 0 Å². The fourth-order valence-corrected chi connectivity index (χ4v) is 4.54. The Morgan fingerprint density at radius 2 is 1.94 bits per heavy atom. The Hall–Kier alpha value is -3.18. The molecule has 0 amide bonds. The first-order valence-electron chi connectivity index (χ1n) is 9.97. The normalized spacial score (nSPS) is 11.6. The number of anilines is 1. The molecule has 0 saturated heterocycles. The lowest BCUT2D eigenvalue weighted by Gasteiger charge is -2.11. The minimum Gasteiger partial charge on any atom is -0.369 e. The van der Waals surface area contributed by atoms with Gasteiger partial charge in [-0.15, -0.1) is 10.2 Å². The lowest BCUT2D eigenvalue weighted by atomic mass is 10.1. The van der Waals surface area contributed by atoms with Crippen LogP contribution in [0.3, 0.4) is 0 Å². The number of rotatable bonds is 8. The molecule has 0 radical (unpaired) electrons.